The number of carbonyl (C=O) groups excluding carboxylic acids is 1. The lowest BCUT2D eigenvalue weighted by Gasteiger charge is -2.40. The van der Waals surface area contributed by atoms with E-state index in [0.29, 0.717) is 0 Å². The van der Waals surface area contributed by atoms with Gasteiger partial charge in [0.05, 0.1) is 6.04 Å². The van der Waals surface area contributed by atoms with Crippen LogP contribution in [0.1, 0.15) is 37.8 Å². The molecular formula is C16H24BrN3O. The van der Waals surface area contributed by atoms with Crippen LogP contribution in [0.4, 0.5) is 0 Å². The molecule has 0 aliphatic carbocycles. The summed E-state index contributed by atoms with van der Waals surface area (Å²) in [6.45, 7) is 3.85. The predicted octanol–water partition coefficient (Wildman–Crippen LogP) is 2.42. The topological polar surface area (TPSA) is 72.3 Å². The van der Waals surface area contributed by atoms with E-state index in [0.717, 1.165) is 36.8 Å². The van der Waals surface area contributed by atoms with Gasteiger partial charge in [-0.1, -0.05) is 41.1 Å². The van der Waals surface area contributed by atoms with E-state index in [1.165, 1.54) is 5.56 Å². The number of piperidine rings is 1. The normalized spacial score (nSPS) is 20.1. The number of benzene rings is 1. The number of primary amides is 1. The number of halogens is 1. The van der Waals surface area contributed by atoms with Crippen LogP contribution in [0.25, 0.3) is 0 Å². The van der Waals surface area contributed by atoms with E-state index >= 15 is 0 Å². The molecule has 116 valence electrons. The third kappa shape index (κ3) is 3.84. The van der Waals surface area contributed by atoms with Gasteiger partial charge < -0.3 is 11.5 Å². The summed E-state index contributed by atoms with van der Waals surface area (Å²) in [6, 6.07) is 8.51. The molecule has 1 aliphatic rings. The van der Waals surface area contributed by atoms with Gasteiger partial charge in [0.1, 0.15) is 0 Å². The van der Waals surface area contributed by atoms with Crippen molar-refractivity contribution in [2.75, 3.05) is 13.1 Å². The third-order valence-corrected chi connectivity index (χ3v) is 5.15. The van der Waals surface area contributed by atoms with Crippen LogP contribution in [0.5, 0.6) is 0 Å². The van der Waals surface area contributed by atoms with E-state index in [9.17, 15) is 4.79 Å². The van der Waals surface area contributed by atoms with Gasteiger partial charge in [0.25, 0.3) is 0 Å². The highest BCUT2D eigenvalue weighted by Gasteiger charge is 2.31. The molecule has 4 N–H and O–H groups in total. The van der Waals surface area contributed by atoms with Crippen LogP contribution >= 0.6 is 15.9 Å². The van der Waals surface area contributed by atoms with Crippen molar-refractivity contribution in [3.05, 3.63) is 34.3 Å². The number of amides is 1. The maximum absolute atomic E-state index is 11.3. The second-order valence-electron chi connectivity index (χ2n) is 5.75. The molecule has 4 nitrogen and oxygen atoms in total. The van der Waals surface area contributed by atoms with Crippen molar-refractivity contribution in [2.24, 2.45) is 17.4 Å². The Hall–Kier alpha value is -0.910. The molecular weight excluding hydrogens is 330 g/mol. The number of nitrogens with two attached hydrogens (primary N) is 2. The summed E-state index contributed by atoms with van der Waals surface area (Å²) in [5.41, 5.74) is 13.0. The Morgan fingerprint density at radius 3 is 2.52 bits per heavy atom. The Morgan fingerprint density at radius 2 is 2.00 bits per heavy atom. The first-order valence-electron chi connectivity index (χ1n) is 7.58. The molecule has 2 atom stereocenters. The minimum Gasteiger partial charge on any atom is -0.369 e. The number of hydrogen-bond acceptors (Lipinski definition) is 3. The summed E-state index contributed by atoms with van der Waals surface area (Å²) in [4.78, 5) is 13.7. The van der Waals surface area contributed by atoms with E-state index in [2.05, 4.69) is 39.9 Å². The molecule has 1 fully saturated rings. The zero-order valence-corrected chi connectivity index (χ0v) is 14.1. The number of likely N-dealkylation sites (tertiary alicyclic amines) is 1. The van der Waals surface area contributed by atoms with Gasteiger partial charge in [0.15, 0.2) is 0 Å². The van der Waals surface area contributed by atoms with Crippen molar-refractivity contribution < 1.29 is 4.79 Å². The molecule has 1 heterocycles. The number of hydrogen-bond donors (Lipinski definition) is 2. The number of nitrogens with zero attached hydrogens (tertiary/aromatic N) is 1. The second-order valence-corrected chi connectivity index (χ2v) is 6.61. The van der Waals surface area contributed by atoms with Crippen molar-refractivity contribution in [1.82, 2.24) is 4.90 Å². The third-order valence-electron chi connectivity index (χ3n) is 4.43. The second kappa shape index (κ2) is 7.38. The Morgan fingerprint density at radius 1 is 1.38 bits per heavy atom. The maximum atomic E-state index is 11.3. The van der Waals surface area contributed by atoms with Crippen LogP contribution in [0.15, 0.2) is 28.7 Å². The average molecular weight is 354 g/mol. The summed E-state index contributed by atoms with van der Waals surface area (Å²) in [5, 5.41) is 0. The van der Waals surface area contributed by atoms with Gasteiger partial charge in [-0.3, -0.25) is 9.69 Å². The average Bonchev–Trinajstić information content (AvgIpc) is 2.49. The summed E-state index contributed by atoms with van der Waals surface area (Å²) in [7, 11) is 0. The van der Waals surface area contributed by atoms with E-state index in [1.54, 1.807) is 0 Å². The van der Waals surface area contributed by atoms with Crippen LogP contribution < -0.4 is 11.5 Å². The SMILES string of the molecule is CCC(N)C(c1ccccc1Br)N1CCC(C(N)=O)CC1. The first-order chi connectivity index (χ1) is 10.0. The van der Waals surface area contributed by atoms with Crippen LogP contribution in [-0.4, -0.2) is 29.9 Å². The summed E-state index contributed by atoms with van der Waals surface area (Å²) in [5.74, 6) is -0.161. The smallest absolute Gasteiger partial charge is 0.220 e. The molecule has 0 bridgehead atoms. The van der Waals surface area contributed by atoms with Crippen LogP contribution in [0, 0.1) is 5.92 Å². The van der Waals surface area contributed by atoms with Crippen molar-refractivity contribution in [1.29, 1.82) is 0 Å². The Labute approximate surface area is 135 Å². The van der Waals surface area contributed by atoms with Gasteiger partial charge in [-0.05, 0) is 44.0 Å². The van der Waals surface area contributed by atoms with Gasteiger partial charge in [0, 0.05) is 16.4 Å². The molecule has 2 rings (SSSR count). The Kier molecular flexibility index (Phi) is 5.79. The van der Waals surface area contributed by atoms with E-state index in [4.69, 9.17) is 11.5 Å². The molecule has 1 aromatic rings. The lowest BCUT2D eigenvalue weighted by Crippen LogP contribution is -2.46. The molecule has 0 radical (unpaired) electrons. The van der Waals surface area contributed by atoms with Crippen molar-refractivity contribution in [3.8, 4) is 0 Å². The molecule has 0 saturated carbocycles. The van der Waals surface area contributed by atoms with E-state index in [1.807, 2.05) is 12.1 Å². The predicted molar refractivity (Wildman–Crippen MR) is 88.6 cm³/mol. The summed E-state index contributed by atoms with van der Waals surface area (Å²) in [6.07, 6.45) is 2.57. The highest BCUT2D eigenvalue weighted by molar-refractivity contribution is 9.10. The molecule has 1 aliphatic heterocycles. The zero-order valence-electron chi connectivity index (χ0n) is 12.5. The summed E-state index contributed by atoms with van der Waals surface area (Å²) < 4.78 is 1.09. The molecule has 5 heteroatoms. The molecule has 0 aromatic heterocycles. The zero-order chi connectivity index (χ0) is 15.4. The minimum absolute atomic E-state index is 0.0129. The van der Waals surface area contributed by atoms with Gasteiger partial charge in [0.2, 0.25) is 5.91 Å². The Bertz CT molecular complexity index is 486. The van der Waals surface area contributed by atoms with E-state index in [-0.39, 0.29) is 23.9 Å². The fourth-order valence-corrected chi connectivity index (χ4v) is 3.62. The Balaban J connectivity index is 2.19. The van der Waals surface area contributed by atoms with Gasteiger partial charge >= 0.3 is 0 Å². The molecule has 1 amide bonds. The van der Waals surface area contributed by atoms with Gasteiger partial charge in [-0.25, -0.2) is 0 Å². The van der Waals surface area contributed by atoms with Crippen molar-refractivity contribution >= 4 is 21.8 Å². The van der Waals surface area contributed by atoms with E-state index < -0.39 is 0 Å². The molecule has 21 heavy (non-hydrogen) atoms. The number of carbonyl (C=O) groups is 1. The highest BCUT2D eigenvalue weighted by Crippen LogP contribution is 2.33. The summed E-state index contributed by atoms with van der Waals surface area (Å²) >= 11 is 3.64. The quantitative estimate of drug-likeness (QED) is 0.853. The largest absolute Gasteiger partial charge is 0.369 e. The lowest BCUT2D eigenvalue weighted by molar-refractivity contribution is -0.123. The lowest BCUT2D eigenvalue weighted by atomic mass is 9.90. The minimum atomic E-state index is -0.174. The fraction of sp³-hybridized carbons (Fsp3) is 0.562. The van der Waals surface area contributed by atoms with Crippen molar-refractivity contribution in [2.45, 2.75) is 38.3 Å². The molecule has 1 saturated heterocycles. The highest BCUT2D eigenvalue weighted by atomic mass is 79.9. The maximum Gasteiger partial charge on any atom is 0.220 e. The van der Waals surface area contributed by atoms with Crippen molar-refractivity contribution in [3.63, 3.8) is 0 Å². The van der Waals surface area contributed by atoms with Gasteiger partial charge in [-0.2, -0.15) is 0 Å². The first kappa shape index (κ1) is 16.5. The fourth-order valence-electron chi connectivity index (χ4n) is 3.10. The first-order valence-corrected chi connectivity index (χ1v) is 8.37. The monoisotopic (exact) mass is 353 g/mol. The van der Waals surface area contributed by atoms with Crippen LogP contribution in [0.3, 0.4) is 0 Å². The van der Waals surface area contributed by atoms with Crippen LogP contribution in [0.2, 0.25) is 0 Å². The molecule has 2 unspecified atom stereocenters. The molecule has 1 aromatic carbocycles. The van der Waals surface area contributed by atoms with Crippen LogP contribution in [-0.2, 0) is 4.79 Å². The standard InChI is InChI=1S/C16H24BrN3O/c1-2-14(18)15(12-5-3-4-6-13(12)17)20-9-7-11(8-10-20)16(19)21/h3-6,11,14-15H,2,7-10,18H2,1H3,(H2,19,21). The number of rotatable bonds is 5. The molecule has 0 spiro atoms. The van der Waals surface area contributed by atoms with Gasteiger partial charge in [-0.15, -0.1) is 0 Å².